The molecule has 3 nitrogen and oxygen atoms in total. The summed E-state index contributed by atoms with van der Waals surface area (Å²) in [5.41, 5.74) is 2.19. The summed E-state index contributed by atoms with van der Waals surface area (Å²) in [4.78, 5) is 39.0. The van der Waals surface area contributed by atoms with E-state index in [4.69, 9.17) is 11.6 Å². The van der Waals surface area contributed by atoms with Crippen LogP contribution in [0.4, 0.5) is 0 Å². The van der Waals surface area contributed by atoms with Crippen molar-refractivity contribution >= 4 is 29.0 Å². The molecular weight excluding hydrogens is 372 g/mol. The van der Waals surface area contributed by atoms with Gasteiger partial charge in [0.15, 0.2) is 17.3 Å². The fourth-order valence-corrected chi connectivity index (χ4v) is 3.94. The predicted molar refractivity (Wildman–Crippen MR) is 108 cm³/mol. The van der Waals surface area contributed by atoms with E-state index in [-0.39, 0.29) is 23.8 Å². The third-order valence-electron chi connectivity index (χ3n) is 5.22. The van der Waals surface area contributed by atoms with Crippen LogP contribution < -0.4 is 0 Å². The van der Waals surface area contributed by atoms with Gasteiger partial charge in [-0.25, -0.2) is 0 Å². The van der Waals surface area contributed by atoms with Crippen molar-refractivity contribution in [3.05, 3.63) is 106 Å². The van der Waals surface area contributed by atoms with Crippen molar-refractivity contribution in [3.63, 3.8) is 0 Å². The SMILES string of the molecule is O=C(CC(c1ccc(Cl)cc1)C1C(=O)c2ccccc2C1=O)c1ccccc1. The van der Waals surface area contributed by atoms with E-state index < -0.39 is 11.8 Å². The summed E-state index contributed by atoms with van der Waals surface area (Å²) in [6, 6.07) is 22.8. The van der Waals surface area contributed by atoms with E-state index >= 15 is 0 Å². The topological polar surface area (TPSA) is 51.2 Å². The van der Waals surface area contributed by atoms with Gasteiger partial charge in [-0.15, -0.1) is 0 Å². The molecule has 4 rings (SSSR count). The molecule has 28 heavy (non-hydrogen) atoms. The zero-order chi connectivity index (χ0) is 19.7. The number of rotatable bonds is 5. The van der Waals surface area contributed by atoms with Crippen LogP contribution in [-0.2, 0) is 0 Å². The van der Waals surface area contributed by atoms with Gasteiger partial charge in [-0.1, -0.05) is 78.3 Å². The first-order valence-corrected chi connectivity index (χ1v) is 9.45. The van der Waals surface area contributed by atoms with Gasteiger partial charge in [0.05, 0.1) is 5.92 Å². The predicted octanol–water partition coefficient (Wildman–Crippen LogP) is 5.39. The molecule has 0 bridgehead atoms. The summed E-state index contributed by atoms with van der Waals surface area (Å²) < 4.78 is 0. The Hall–Kier alpha value is -3.04. The lowest BCUT2D eigenvalue weighted by molar-refractivity contribution is 0.0802. The van der Waals surface area contributed by atoms with Crippen LogP contribution in [0.1, 0.15) is 49.0 Å². The number of halogens is 1. The number of fused-ring (bicyclic) bond motifs is 1. The molecule has 138 valence electrons. The molecule has 0 saturated heterocycles. The molecule has 0 amide bonds. The minimum atomic E-state index is -0.897. The average molecular weight is 389 g/mol. The molecule has 4 heteroatoms. The first-order chi connectivity index (χ1) is 13.6. The van der Waals surface area contributed by atoms with Crippen molar-refractivity contribution in [3.8, 4) is 0 Å². The molecule has 1 aliphatic rings. The van der Waals surface area contributed by atoms with Gasteiger partial charge < -0.3 is 0 Å². The van der Waals surface area contributed by atoms with Gasteiger partial charge in [0.2, 0.25) is 0 Å². The summed E-state index contributed by atoms with van der Waals surface area (Å²) in [6.07, 6.45) is 0.0712. The lowest BCUT2D eigenvalue weighted by Crippen LogP contribution is -2.26. The minimum Gasteiger partial charge on any atom is -0.294 e. The summed E-state index contributed by atoms with van der Waals surface area (Å²) in [5.74, 6) is -1.98. The van der Waals surface area contributed by atoms with Crippen LogP contribution in [0.2, 0.25) is 5.02 Å². The van der Waals surface area contributed by atoms with Crippen molar-refractivity contribution in [1.29, 1.82) is 0 Å². The van der Waals surface area contributed by atoms with Crippen molar-refractivity contribution in [2.24, 2.45) is 5.92 Å². The molecule has 0 spiro atoms. The molecular formula is C24H17ClO3. The van der Waals surface area contributed by atoms with Crippen LogP contribution in [0, 0.1) is 5.92 Å². The van der Waals surface area contributed by atoms with Crippen molar-refractivity contribution < 1.29 is 14.4 Å². The maximum atomic E-state index is 13.0. The van der Waals surface area contributed by atoms with Gasteiger partial charge in [-0.3, -0.25) is 14.4 Å². The van der Waals surface area contributed by atoms with E-state index in [1.807, 2.05) is 6.07 Å². The molecule has 3 aromatic carbocycles. The third-order valence-corrected chi connectivity index (χ3v) is 5.48. The number of ketones is 3. The molecule has 1 unspecified atom stereocenters. The second-order valence-corrected chi connectivity index (χ2v) is 7.34. The molecule has 0 aromatic heterocycles. The molecule has 3 aromatic rings. The van der Waals surface area contributed by atoms with E-state index in [1.54, 1.807) is 72.8 Å². The maximum absolute atomic E-state index is 13.0. The van der Waals surface area contributed by atoms with Crippen LogP contribution in [0.5, 0.6) is 0 Å². The smallest absolute Gasteiger partial charge is 0.175 e. The number of carbonyl (C=O) groups is 3. The highest BCUT2D eigenvalue weighted by Crippen LogP contribution is 2.39. The van der Waals surface area contributed by atoms with E-state index in [0.717, 1.165) is 5.56 Å². The molecule has 0 saturated carbocycles. The Labute approximate surface area is 168 Å². The average Bonchev–Trinajstić information content (AvgIpc) is 2.98. The van der Waals surface area contributed by atoms with E-state index in [0.29, 0.717) is 21.7 Å². The number of Topliss-reactive ketones (excluding diaryl/α,β-unsaturated/α-hetero) is 3. The van der Waals surface area contributed by atoms with Gasteiger partial charge in [0.1, 0.15) is 0 Å². The Morgan fingerprint density at radius 3 is 1.89 bits per heavy atom. The quantitative estimate of drug-likeness (QED) is 0.435. The zero-order valence-corrected chi connectivity index (χ0v) is 15.7. The number of hydrogen-bond donors (Lipinski definition) is 0. The molecule has 0 fully saturated rings. The molecule has 0 N–H and O–H groups in total. The van der Waals surface area contributed by atoms with Crippen molar-refractivity contribution in [1.82, 2.24) is 0 Å². The standard InChI is InChI=1S/C24H17ClO3/c25-17-12-10-15(11-13-17)20(14-21(26)16-6-2-1-3-7-16)22-23(27)18-8-4-5-9-19(18)24(22)28/h1-13,20,22H,14H2. The van der Waals surface area contributed by atoms with Gasteiger partial charge >= 0.3 is 0 Å². The lowest BCUT2D eigenvalue weighted by Gasteiger charge is -2.21. The summed E-state index contributed by atoms with van der Waals surface area (Å²) in [5, 5.41) is 0.559. The highest BCUT2D eigenvalue weighted by atomic mass is 35.5. The van der Waals surface area contributed by atoms with Gasteiger partial charge in [-0.05, 0) is 17.7 Å². The van der Waals surface area contributed by atoms with E-state index in [1.165, 1.54) is 0 Å². The first kappa shape index (κ1) is 18.3. The summed E-state index contributed by atoms with van der Waals surface area (Å²) >= 11 is 6.01. The van der Waals surface area contributed by atoms with Crippen LogP contribution in [-0.4, -0.2) is 17.3 Å². The summed E-state index contributed by atoms with van der Waals surface area (Å²) in [6.45, 7) is 0. The van der Waals surface area contributed by atoms with Gasteiger partial charge in [0, 0.05) is 34.1 Å². The monoisotopic (exact) mass is 388 g/mol. The normalized spacial score (nSPS) is 14.8. The molecule has 0 aliphatic heterocycles. The first-order valence-electron chi connectivity index (χ1n) is 9.07. The fourth-order valence-electron chi connectivity index (χ4n) is 3.81. The molecule has 0 radical (unpaired) electrons. The Morgan fingerprint density at radius 2 is 1.32 bits per heavy atom. The number of benzene rings is 3. The van der Waals surface area contributed by atoms with Crippen LogP contribution in [0.15, 0.2) is 78.9 Å². The Balaban J connectivity index is 1.74. The Morgan fingerprint density at radius 1 is 0.786 bits per heavy atom. The maximum Gasteiger partial charge on any atom is 0.175 e. The van der Waals surface area contributed by atoms with Crippen molar-refractivity contribution in [2.75, 3.05) is 0 Å². The number of carbonyl (C=O) groups excluding carboxylic acids is 3. The zero-order valence-electron chi connectivity index (χ0n) is 15.0. The minimum absolute atomic E-state index is 0.0712. The lowest BCUT2D eigenvalue weighted by atomic mass is 9.79. The Kier molecular flexibility index (Phi) is 4.93. The Bertz CT molecular complexity index is 1020. The van der Waals surface area contributed by atoms with Crippen LogP contribution in [0.3, 0.4) is 0 Å². The fraction of sp³-hybridized carbons (Fsp3) is 0.125. The highest BCUT2D eigenvalue weighted by molar-refractivity contribution is 6.30. The summed E-state index contributed by atoms with van der Waals surface area (Å²) in [7, 11) is 0. The van der Waals surface area contributed by atoms with Crippen LogP contribution in [0.25, 0.3) is 0 Å². The molecule has 0 heterocycles. The van der Waals surface area contributed by atoms with Gasteiger partial charge in [0.25, 0.3) is 0 Å². The molecule has 1 aliphatic carbocycles. The number of hydrogen-bond acceptors (Lipinski definition) is 3. The van der Waals surface area contributed by atoms with E-state index in [2.05, 4.69) is 0 Å². The highest BCUT2D eigenvalue weighted by Gasteiger charge is 2.44. The van der Waals surface area contributed by atoms with Crippen molar-refractivity contribution in [2.45, 2.75) is 12.3 Å². The third kappa shape index (κ3) is 3.30. The largest absolute Gasteiger partial charge is 0.294 e. The van der Waals surface area contributed by atoms with Gasteiger partial charge in [-0.2, -0.15) is 0 Å². The molecule has 1 atom stereocenters. The van der Waals surface area contributed by atoms with E-state index in [9.17, 15) is 14.4 Å². The second-order valence-electron chi connectivity index (χ2n) is 6.90. The van der Waals surface area contributed by atoms with Crippen LogP contribution >= 0.6 is 11.6 Å². The second kappa shape index (κ2) is 7.53.